The molecular weight excluding hydrogens is 320 g/mol. The number of methoxy groups -OCH3 is 1. The first-order valence-corrected chi connectivity index (χ1v) is 8.58. The van der Waals surface area contributed by atoms with Crippen molar-refractivity contribution in [3.05, 3.63) is 41.5 Å². The van der Waals surface area contributed by atoms with Gasteiger partial charge in [0.25, 0.3) is 11.7 Å². The van der Waals surface area contributed by atoms with Crippen molar-refractivity contribution in [2.45, 2.75) is 26.3 Å². The van der Waals surface area contributed by atoms with Crippen LogP contribution in [0.1, 0.15) is 34.9 Å². The van der Waals surface area contributed by atoms with Gasteiger partial charge >= 0.3 is 0 Å². The number of rotatable bonds is 6. The second-order valence-corrected chi connectivity index (χ2v) is 6.41. The summed E-state index contributed by atoms with van der Waals surface area (Å²) in [5.41, 5.74) is 1.29. The molecule has 0 spiro atoms. The third-order valence-corrected chi connectivity index (χ3v) is 4.55. The molecule has 7 nitrogen and oxygen atoms in total. The average Bonchev–Trinajstić information content (AvgIpc) is 3.08. The number of benzene rings is 1. The van der Waals surface area contributed by atoms with Gasteiger partial charge in [0.1, 0.15) is 5.75 Å². The highest BCUT2D eigenvalue weighted by molar-refractivity contribution is 5.90. The zero-order chi connectivity index (χ0) is 17.6. The highest BCUT2D eigenvalue weighted by atomic mass is 16.5. The third kappa shape index (κ3) is 4.79. The quantitative estimate of drug-likeness (QED) is 0.864. The molecule has 2 aromatic rings. The minimum atomic E-state index is -0.266. The second kappa shape index (κ2) is 8.11. The number of likely N-dealkylation sites (tertiary alicyclic amines) is 1. The number of aryl methyl sites for hydroxylation is 1. The Bertz CT molecular complexity index is 691. The molecule has 0 radical (unpaired) electrons. The van der Waals surface area contributed by atoms with E-state index in [1.165, 1.54) is 5.56 Å². The minimum Gasteiger partial charge on any atom is -0.497 e. The van der Waals surface area contributed by atoms with E-state index in [9.17, 15) is 4.79 Å². The lowest BCUT2D eigenvalue weighted by Gasteiger charge is -2.32. The van der Waals surface area contributed by atoms with Gasteiger partial charge in [-0.15, -0.1) is 0 Å². The topological polar surface area (TPSA) is 80.5 Å². The van der Waals surface area contributed by atoms with Gasteiger partial charge in [0, 0.05) is 20.0 Å². The van der Waals surface area contributed by atoms with Crippen LogP contribution in [0.2, 0.25) is 0 Å². The molecule has 0 saturated carbocycles. The third-order valence-electron chi connectivity index (χ3n) is 4.55. The molecule has 0 unspecified atom stereocenters. The standard InChI is InChI=1S/C18H24N4O3/c1-13-20-17(21-25-13)18(23)19-11-14-7-9-22(10-8-14)12-15-3-5-16(24-2)6-4-15/h3-6,14H,7-12H2,1-2H3,(H,19,23). The summed E-state index contributed by atoms with van der Waals surface area (Å²) in [4.78, 5) is 18.3. The summed E-state index contributed by atoms with van der Waals surface area (Å²) in [7, 11) is 1.68. The second-order valence-electron chi connectivity index (χ2n) is 6.41. The Morgan fingerprint density at radius 2 is 2.04 bits per heavy atom. The van der Waals surface area contributed by atoms with Gasteiger partial charge in [-0.25, -0.2) is 0 Å². The number of amides is 1. The van der Waals surface area contributed by atoms with Gasteiger partial charge in [0.05, 0.1) is 7.11 Å². The SMILES string of the molecule is COc1ccc(CN2CCC(CNC(=O)c3noc(C)n3)CC2)cc1. The van der Waals surface area contributed by atoms with Crippen LogP contribution in [-0.2, 0) is 6.54 Å². The Morgan fingerprint density at radius 1 is 1.32 bits per heavy atom. The zero-order valence-electron chi connectivity index (χ0n) is 14.7. The van der Waals surface area contributed by atoms with Gasteiger partial charge in [-0.1, -0.05) is 17.3 Å². The van der Waals surface area contributed by atoms with Crippen LogP contribution in [0.15, 0.2) is 28.8 Å². The molecule has 1 aliphatic heterocycles. The lowest BCUT2D eigenvalue weighted by atomic mass is 9.96. The summed E-state index contributed by atoms with van der Waals surface area (Å²) in [5, 5.41) is 6.54. The Kier molecular flexibility index (Phi) is 5.65. The average molecular weight is 344 g/mol. The number of ether oxygens (including phenoxy) is 1. The van der Waals surface area contributed by atoms with Gasteiger partial charge in [-0.2, -0.15) is 4.98 Å². The number of nitrogens with zero attached hydrogens (tertiary/aromatic N) is 3. The highest BCUT2D eigenvalue weighted by Gasteiger charge is 2.21. The van der Waals surface area contributed by atoms with Crippen LogP contribution in [-0.4, -0.2) is 47.7 Å². The van der Waals surface area contributed by atoms with E-state index in [0.717, 1.165) is 38.2 Å². The van der Waals surface area contributed by atoms with E-state index >= 15 is 0 Å². The maximum atomic E-state index is 11.9. The maximum Gasteiger partial charge on any atom is 0.292 e. The lowest BCUT2D eigenvalue weighted by molar-refractivity contribution is 0.0922. The van der Waals surface area contributed by atoms with Crippen LogP contribution in [0.5, 0.6) is 5.75 Å². The summed E-state index contributed by atoms with van der Waals surface area (Å²) in [5.74, 6) is 1.61. The van der Waals surface area contributed by atoms with Crippen molar-refractivity contribution in [2.75, 3.05) is 26.7 Å². The zero-order valence-corrected chi connectivity index (χ0v) is 14.7. The van der Waals surface area contributed by atoms with Crippen molar-refractivity contribution in [3.8, 4) is 5.75 Å². The number of aromatic nitrogens is 2. The summed E-state index contributed by atoms with van der Waals surface area (Å²) < 4.78 is 10.0. The Balaban J connectivity index is 1.40. The van der Waals surface area contributed by atoms with Crippen molar-refractivity contribution in [1.82, 2.24) is 20.4 Å². The summed E-state index contributed by atoms with van der Waals surface area (Å²) in [6.45, 7) is 5.35. The fourth-order valence-corrected chi connectivity index (χ4v) is 3.05. The first kappa shape index (κ1) is 17.4. The van der Waals surface area contributed by atoms with Crippen molar-refractivity contribution in [3.63, 3.8) is 0 Å². The number of hydrogen-bond acceptors (Lipinski definition) is 6. The Hall–Kier alpha value is -2.41. The maximum absolute atomic E-state index is 11.9. The van der Waals surface area contributed by atoms with Gasteiger partial charge in [-0.3, -0.25) is 9.69 Å². The van der Waals surface area contributed by atoms with Crippen LogP contribution in [0.3, 0.4) is 0 Å². The van der Waals surface area contributed by atoms with Crippen LogP contribution in [0.4, 0.5) is 0 Å². The van der Waals surface area contributed by atoms with E-state index in [1.807, 2.05) is 12.1 Å². The van der Waals surface area contributed by atoms with Crippen molar-refractivity contribution < 1.29 is 14.1 Å². The van der Waals surface area contributed by atoms with Gasteiger partial charge in [0.15, 0.2) is 0 Å². The first-order chi connectivity index (χ1) is 12.1. The molecule has 1 aromatic carbocycles. The van der Waals surface area contributed by atoms with Crippen LogP contribution in [0.25, 0.3) is 0 Å². The van der Waals surface area contributed by atoms with Crippen LogP contribution in [0, 0.1) is 12.8 Å². The number of nitrogens with one attached hydrogen (secondary N) is 1. The molecule has 0 bridgehead atoms. The van der Waals surface area contributed by atoms with Gasteiger partial charge in [-0.05, 0) is 49.5 Å². The predicted octanol–water partition coefficient (Wildman–Crippen LogP) is 2.03. The fraction of sp³-hybridized carbons (Fsp3) is 0.500. The molecule has 1 saturated heterocycles. The van der Waals surface area contributed by atoms with Crippen molar-refractivity contribution in [2.24, 2.45) is 5.92 Å². The number of carbonyl (C=O) groups is 1. The molecule has 134 valence electrons. The fourth-order valence-electron chi connectivity index (χ4n) is 3.05. The summed E-state index contributed by atoms with van der Waals surface area (Å²) in [6.07, 6.45) is 2.14. The van der Waals surface area contributed by atoms with E-state index in [-0.39, 0.29) is 11.7 Å². The van der Waals surface area contributed by atoms with Crippen molar-refractivity contribution >= 4 is 5.91 Å². The molecule has 1 fully saturated rings. The van der Waals surface area contributed by atoms with E-state index < -0.39 is 0 Å². The van der Waals surface area contributed by atoms with Crippen LogP contribution < -0.4 is 10.1 Å². The van der Waals surface area contributed by atoms with E-state index in [1.54, 1.807) is 14.0 Å². The summed E-state index contributed by atoms with van der Waals surface area (Å²) in [6, 6.07) is 8.21. The molecule has 1 amide bonds. The number of carbonyl (C=O) groups excluding carboxylic acids is 1. The Morgan fingerprint density at radius 3 is 2.64 bits per heavy atom. The molecule has 3 rings (SSSR count). The molecule has 1 N–H and O–H groups in total. The van der Waals surface area contributed by atoms with Crippen molar-refractivity contribution in [1.29, 1.82) is 0 Å². The van der Waals surface area contributed by atoms with E-state index in [0.29, 0.717) is 18.4 Å². The molecule has 1 aliphatic rings. The molecule has 2 heterocycles. The van der Waals surface area contributed by atoms with E-state index in [2.05, 4.69) is 32.5 Å². The highest BCUT2D eigenvalue weighted by Crippen LogP contribution is 2.19. The summed E-state index contributed by atoms with van der Waals surface area (Å²) >= 11 is 0. The monoisotopic (exact) mass is 344 g/mol. The van der Waals surface area contributed by atoms with E-state index in [4.69, 9.17) is 9.26 Å². The molecule has 25 heavy (non-hydrogen) atoms. The normalized spacial score (nSPS) is 15.9. The van der Waals surface area contributed by atoms with Gasteiger partial charge in [0.2, 0.25) is 5.89 Å². The molecular formula is C18H24N4O3. The lowest BCUT2D eigenvalue weighted by Crippen LogP contribution is -2.38. The minimum absolute atomic E-state index is 0.106. The smallest absolute Gasteiger partial charge is 0.292 e. The number of hydrogen-bond donors (Lipinski definition) is 1. The first-order valence-electron chi connectivity index (χ1n) is 8.58. The largest absolute Gasteiger partial charge is 0.497 e. The molecule has 1 aromatic heterocycles. The molecule has 0 atom stereocenters. The van der Waals surface area contributed by atoms with Crippen LogP contribution >= 0.6 is 0 Å². The number of piperidine rings is 1. The molecule has 0 aliphatic carbocycles. The molecule has 7 heteroatoms. The van der Waals surface area contributed by atoms with Gasteiger partial charge < -0.3 is 14.6 Å². The predicted molar refractivity (Wildman–Crippen MR) is 92.4 cm³/mol. The Labute approximate surface area is 147 Å².